The largest absolute Gasteiger partial charge is 0.508 e. The van der Waals surface area contributed by atoms with Gasteiger partial charge in [0, 0.05) is 18.3 Å². The predicted octanol–water partition coefficient (Wildman–Crippen LogP) is 2.04. The highest BCUT2D eigenvalue weighted by Gasteiger charge is 2.11. The molecule has 4 N–H and O–H groups in total. The number of anilines is 1. The van der Waals surface area contributed by atoms with Gasteiger partial charge in [-0.05, 0) is 29.8 Å². The number of phenolic OH excluding ortho intramolecular Hbond substituents is 1. The maximum atomic E-state index is 13.4. The normalized spacial score (nSPS) is 10.2. The first-order valence-corrected chi connectivity index (χ1v) is 5.67. The molecule has 2 aromatic rings. The molecule has 5 heteroatoms. The van der Waals surface area contributed by atoms with Gasteiger partial charge in [-0.2, -0.15) is 0 Å². The second-order valence-corrected chi connectivity index (χ2v) is 4.09. The van der Waals surface area contributed by atoms with Crippen LogP contribution in [0, 0.1) is 5.82 Å². The molecule has 98 valence electrons. The van der Waals surface area contributed by atoms with E-state index in [4.69, 9.17) is 10.8 Å². The van der Waals surface area contributed by atoms with Gasteiger partial charge in [-0.15, -0.1) is 0 Å². The SMILES string of the molecule is Nc1cccc(CNC(=O)c2ccc(O)cc2F)c1. The number of carbonyl (C=O) groups excluding carboxylic acids is 1. The summed E-state index contributed by atoms with van der Waals surface area (Å²) < 4.78 is 13.4. The van der Waals surface area contributed by atoms with Gasteiger partial charge in [0.2, 0.25) is 0 Å². The molecule has 4 nitrogen and oxygen atoms in total. The quantitative estimate of drug-likeness (QED) is 0.739. The summed E-state index contributed by atoms with van der Waals surface area (Å²) in [7, 11) is 0. The highest BCUT2D eigenvalue weighted by molar-refractivity contribution is 5.94. The number of nitrogens with two attached hydrogens (primary N) is 1. The molecule has 0 aromatic heterocycles. The number of hydrogen-bond acceptors (Lipinski definition) is 3. The topological polar surface area (TPSA) is 75.3 Å². The van der Waals surface area contributed by atoms with Crippen LogP contribution in [0.25, 0.3) is 0 Å². The van der Waals surface area contributed by atoms with Gasteiger partial charge in [0.15, 0.2) is 0 Å². The maximum absolute atomic E-state index is 13.4. The molecule has 0 unspecified atom stereocenters. The van der Waals surface area contributed by atoms with E-state index in [1.54, 1.807) is 18.2 Å². The molecule has 19 heavy (non-hydrogen) atoms. The van der Waals surface area contributed by atoms with Crippen molar-refractivity contribution in [1.29, 1.82) is 0 Å². The summed E-state index contributed by atoms with van der Waals surface area (Å²) in [5.74, 6) is -1.52. The zero-order valence-electron chi connectivity index (χ0n) is 10.1. The zero-order chi connectivity index (χ0) is 13.8. The number of benzene rings is 2. The Morgan fingerprint density at radius 3 is 2.74 bits per heavy atom. The van der Waals surface area contributed by atoms with Gasteiger partial charge in [0.05, 0.1) is 5.56 Å². The number of halogens is 1. The molecule has 0 aliphatic carbocycles. The van der Waals surface area contributed by atoms with Crippen LogP contribution in [-0.4, -0.2) is 11.0 Å². The molecule has 1 amide bonds. The molecular formula is C14H13FN2O2. The van der Waals surface area contributed by atoms with Crippen molar-refractivity contribution in [3.05, 3.63) is 59.4 Å². The van der Waals surface area contributed by atoms with E-state index in [-0.39, 0.29) is 17.9 Å². The summed E-state index contributed by atoms with van der Waals surface area (Å²) in [4.78, 5) is 11.8. The average Bonchev–Trinajstić information content (AvgIpc) is 2.36. The van der Waals surface area contributed by atoms with Gasteiger partial charge in [-0.1, -0.05) is 12.1 Å². The summed E-state index contributed by atoms with van der Waals surface area (Å²) in [5.41, 5.74) is 6.93. The minimum absolute atomic E-state index is 0.110. The maximum Gasteiger partial charge on any atom is 0.254 e. The fraction of sp³-hybridized carbons (Fsp3) is 0.0714. The predicted molar refractivity (Wildman–Crippen MR) is 70.1 cm³/mol. The minimum Gasteiger partial charge on any atom is -0.508 e. The molecule has 0 aliphatic heterocycles. The van der Waals surface area contributed by atoms with Crippen LogP contribution in [-0.2, 0) is 6.54 Å². The van der Waals surface area contributed by atoms with Gasteiger partial charge in [0.25, 0.3) is 5.91 Å². The van der Waals surface area contributed by atoms with Crippen molar-refractivity contribution < 1.29 is 14.3 Å². The van der Waals surface area contributed by atoms with Crippen molar-refractivity contribution >= 4 is 11.6 Å². The smallest absolute Gasteiger partial charge is 0.254 e. The van der Waals surface area contributed by atoms with E-state index in [9.17, 15) is 9.18 Å². The van der Waals surface area contributed by atoms with Crippen LogP contribution in [0.15, 0.2) is 42.5 Å². The molecule has 0 bridgehead atoms. The highest BCUT2D eigenvalue weighted by Crippen LogP contribution is 2.15. The van der Waals surface area contributed by atoms with Crippen molar-refractivity contribution in [2.24, 2.45) is 0 Å². The van der Waals surface area contributed by atoms with Crippen LogP contribution >= 0.6 is 0 Å². The summed E-state index contributed by atoms with van der Waals surface area (Å²) in [5, 5.41) is 11.7. The molecule has 2 aromatic carbocycles. The highest BCUT2D eigenvalue weighted by atomic mass is 19.1. The number of amides is 1. The van der Waals surface area contributed by atoms with E-state index in [0.29, 0.717) is 5.69 Å². The van der Waals surface area contributed by atoms with Crippen molar-refractivity contribution in [3.8, 4) is 5.75 Å². The average molecular weight is 260 g/mol. The Bertz CT molecular complexity index is 614. The minimum atomic E-state index is -0.759. The Morgan fingerprint density at radius 2 is 2.05 bits per heavy atom. The lowest BCUT2D eigenvalue weighted by Gasteiger charge is -2.07. The van der Waals surface area contributed by atoms with Crippen LogP contribution in [0.1, 0.15) is 15.9 Å². The summed E-state index contributed by atoms with van der Waals surface area (Å²) in [6.45, 7) is 0.254. The zero-order valence-corrected chi connectivity index (χ0v) is 10.1. The number of rotatable bonds is 3. The summed E-state index contributed by atoms with van der Waals surface area (Å²) in [6, 6.07) is 10.5. The molecule has 0 atom stereocenters. The number of nitrogens with one attached hydrogen (secondary N) is 1. The second kappa shape index (κ2) is 5.39. The molecule has 0 saturated heterocycles. The molecular weight excluding hydrogens is 247 g/mol. The van der Waals surface area contributed by atoms with Gasteiger partial charge in [0.1, 0.15) is 11.6 Å². The molecule has 0 fully saturated rings. The second-order valence-electron chi connectivity index (χ2n) is 4.09. The van der Waals surface area contributed by atoms with Crippen LogP contribution in [0.2, 0.25) is 0 Å². The van der Waals surface area contributed by atoms with Gasteiger partial charge in [-0.3, -0.25) is 4.79 Å². The van der Waals surface area contributed by atoms with E-state index in [1.165, 1.54) is 12.1 Å². The summed E-state index contributed by atoms with van der Waals surface area (Å²) >= 11 is 0. The Hall–Kier alpha value is -2.56. The van der Waals surface area contributed by atoms with E-state index in [1.807, 2.05) is 6.07 Å². The number of phenols is 1. The third-order valence-corrected chi connectivity index (χ3v) is 2.60. The third kappa shape index (κ3) is 3.22. The van der Waals surface area contributed by atoms with Crippen molar-refractivity contribution in [1.82, 2.24) is 5.32 Å². The molecule has 0 radical (unpaired) electrons. The molecule has 0 spiro atoms. The molecule has 2 rings (SSSR count). The van der Waals surface area contributed by atoms with E-state index < -0.39 is 11.7 Å². The van der Waals surface area contributed by atoms with Gasteiger partial charge < -0.3 is 16.2 Å². The molecule has 0 saturated carbocycles. The number of carbonyl (C=O) groups is 1. The Kier molecular flexibility index (Phi) is 3.66. The Morgan fingerprint density at radius 1 is 1.26 bits per heavy atom. The standard InChI is InChI=1S/C14H13FN2O2/c15-13-7-11(18)4-5-12(13)14(19)17-8-9-2-1-3-10(16)6-9/h1-7,18H,8,16H2,(H,17,19). The summed E-state index contributed by atoms with van der Waals surface area (Å²) in [6.07, 6.45) is 0. The van der Waals surface area contributed by atoms with Crippen LogP contribution in [0.3, 0.4) is 0 Å². The number of nitrogen functional groups attached to an aromatic ring is 1. The first kappa shape index (κ1) is 12.9. The lowest BCUT2D eigenvalue weighted by atomic mass is 10.1. The van der Waals surface area contributed by atoms with Crippen LogP contribution in [0.5, 0.6) is 5.75 Å². The first-order valence-electron chi connectivity index (χ1n) is 5.67. The Labute approximate surface area is 109 Å². The lowest BCUT2D eigenvalue weighted by Crippen LogP contribution is -2.23. The fourth-order valence-electron chi connectivity index (χ4n) is 1.67. The van der Waals surface area contributed by atoms with Crippen LogP contribution < -0.4 is 11.1 Å². The van der Waals surface area contributed by atoms with Gasteiger partial charge >= 0.3 is 0 Å². The first-order chi connectivity index (χ1) is 9.06. The van der Waals surface area contributed by atoms with Crippen molar-refractivity contribution in [2.45, 2.75) is 6.54 Å². The molecule has 0 aliphatic rings. The monoisotopic (exact) mass is 260 g/mol. The van der Waals surface area contributed by atoms with Crippen LogP contribution in [0.4, 0.5) is 10.1 Å². The Balaban J connectivity index is 2.05. The van der Waals surface area contributed by atoms with Crippen molar-refractivity contribution in [3.63, 3.8) is 0 Å². The van der Waals surface area contributed by atoms with E-state index in [2.05, 4.69) is 5.32 Å². The molecule has 0 heterocycles. The van der Waals surface area contributed by atoms with E-state index in [0.717, 1.165) is 11.6 Å². The van der Waals surface area contributed by atoms with E-state index >= 15 is 0 Å². The fourth-order valence-corrected chi connectivity index (χ4v) is 1.67. The van der Waals surface area contributed by atoms with Gasteiger partial charge in [-0.25, -0.2) is 4.39 Å². The van der Waals surface area contributed by atoms with Crippen molar-refractivity contribution in [2.75, 3.05) is 5.73 Å². The number of hydrogen-bond donors (Lipinski definition) is 3. The lowest BCUT2D eigenvalue weighted by molar-refractivity contribution is 0.0947. The third-order valence-electron chi connectivity index (χ3n) is 2.60. The number of aromatic hydroxyl groups is 1.